The molecule has 3 rings (SSSR count). The molecule has 0 spiro atoms. The number of hydrogen-bond acceptors (Lipinski definition) is 2. The number of aromatic hydroxyl groups is 1. The fourth-order valence-corrected chi connectivity index (χ4v) is 2.13. The summed E-state index contributed by atoms with van der Waals surface area (Å²) in [6, 6.07) is 7.04. The fraction of sp³-hybridized carbons (Fsp3) is 0.500. The van der Waals surface area contributed by atoms with Gasteiger partial charge in [0.1, 0.15) is 5.75 Å². The van der Waals surface area contributed by atoms with Crippen molar-refractivity contribution < 1.29 is 9.90 Å². The lowest BCUT2D eigenvalue weighted by atomic mass is 10.2. The van der Waals surface area contributed by atoms with Gasteiger partial charge in [0.15, 0.2) is 0 Å². The van der Waals surface area contributed by atoms with Crippen molar-refractivity contribution in [2.45, 2.75) is 31.7 Å². The molecule has 0 saturated heterocycles. The summed E-state index contributed by atoms with van der Waals surface area (Å²) in [4.78, 5) is 14.4. The third-order valence-electron chi connectivity index (χ3n) is 3.51. The molecule has 1 N–H and O–H groups in total. The maximum atomic E-state index is 12.3. The van der Waals surface area contributed by atoms with E-state index in [0.29, 0.717) is 11.6 Å². The van der Waals surface area contributed by atoms with E-state index < -0.39 is 0 Å². The van der Waals surface area contributed by atoms with Crippen LogP contribution in [-0.4, -0.2) is 28.5 Å². The Balaban J connectivity index is 1.75. The van der Waals surface area contributed by atoms with E-state index in [-0.39, 0.29) is 11.7 Å². The highest BCUT2D eigenvalue weighted by molar-refractivity contribution is 5.94. The molecule has 0 unspecified atom stereocenters. The Labute approximate surface area is 101 Å². The van der Waals surface area contributed by atoms with Gasteiger partial charge in [0.2, 0.25) is 0 Å². The lowest BCUT2D eigenvalue weighted by Crippen LogP contribution is -2.34. The van der Waals surface area contributed by atoms with Crippen molar-refractivity contribution in [2.75, 3.05) is 6.54 Å². The number of phenolic OH excluding ortho intramolecular Hbond substituents is 1. The lowest BCUT2D eigenvalue weighted by Gasteiger charge is -2.22. The molecule has 2 saturated carbocycles. The molecule has 2 fully saturated rings. The van der Waals surface area contributed by atoms with Crippen LogP contribution in [0.5, 0.6) is 5.75 Å². The number of carbonyl (C=O) groups is 1. The minimum Gasteiger partial charge on any atom is -0.508 e. The summed E-state index contributed by atoms with van der Waals surface area (Å²) < 4.78 is 0. The Hall–Kier alpha value is -1.51. The zero-order chi connectivity index (χ0) is 11.8. The average molecular weight is 231 g/mol. The molecule has 0 heterocycles. The van der Waals surface area contributed by atoms with Crippen molar-refractivity contribution in [3.05, 3.63) is 29.8 Å². The Morgan fingerprint density at radius 1 is 1.18 bits per heavy atom. The molecule has 90 valence electrons. The lowest BCUT2D eigenvalue weighted by molar-refractivity contribution is 0.0735. The minimum atomic E-state index is 0.124. The predicted molar refractivity (Wildman–Crippen MR) is 64.9 cm³/mol. The molecular weight excluding hydrogens is 214 g/mol. The number of phenols is 1. The second-order valence-electron chi connectivity index (χ2n) is 5.18. The van der Waals surface area contributed by atoms with Crippen LogP contribution in [0.3, 0.4) is 0 Å². The summed E-state index contributed by atoms with van der Waals surface area (Å²) in [7, 11) is 0. The molecule has 0 bridgehead atoms. The molecule has 0 radical (unpaired) electrons. The van der Waals surface area contributed by atoms with E-state index in [9.17, 15) is 9.90 Å². The molecule has 2 aliphatic rings. The van der Waals surface area contributed by atoms with E-state index in [0.717, 1.165) is 25.3 Å². The third-order valence-corrected chi connectivity index (χ3v) is 3.51. The molecule has 0 atom stereocenters. The van der Waals surface area contributed by atoms with E-state index >= 15 is 0 Å². The second kappa shape index (κ2) is 4.06. The van der Waals surface area contributed by atoms with Gasteiger partial charge in [0.25, 0.3) is 5.91 Å². The van der Waals surface area contributed by atoms with Gasteiger partial charge in [-0.05, 0) is 55.9 Å². The van der Waals surface area contributed by atoms with Crippen LogP contribution in [0.4, 0.5) is 0 Å². The van der Waals surface area contributed by atoms with Gasteiger partial charge in [-0.1, -0.05) is 0 Å². The van der Waals surface area contributed by atoms with E-state index in [1.807, 2.05) is 4.90 Å². The molecule has 2 aliphatic carbocycles. The predicted octanol–water partition coefficient (Wildman–Crippen LogP) is 2.41. The molecule has 1 aromatic rings. The highest BCUT2D eigenvalue weighted by Crippen LogP contribution is 2.35. The van der Waals surface area contributed by atoms with Crippen LogP contribution in [0.2, 0.25) is 0 Å². The molecule has 1 aromatic carbocycles. The van der Waals surface area contributed by atoms with Gasteiger partial charge < -0.3 is 10.0 Å². The van der Waals surface area contributed by atoms with Crippen LogP contribution in [0, 0.1) is 5.92 Å². The molecular formula is C14H17NO2. The van der Waals surface area contributed by atoms with E-state index in [1.54, 1.807) is 24.3 Å². The number of benzene rings is 1. The SMILES string of the molecule is O=C(c1ccc(O)cc1)N(CC1CC1)C1CC1. The van der Waals surface area contributed by atoms with Gasteiger partial charge in [0.05, 0.1) is 0 Å². The van der Waals surface area contributed by atoms with Crippen molar-refractivity contribution in [3.8, 4) is 5.75 Å². The maximum Gasteiger partial charge on any atom is 0.254 e. The fourth-order valence-electron chi connectivity index (χ4n) is 2.13. The standard InChI is InChI=1S/C14H17NO2/c16-13-7-3-11(4-8-13)14(17)15(12-5-6-12)9-10-1-2-10/h3-4,7-8,10,12,16H,1-2,5-6,9H2. The Morgan fingerprint density at radius 3 is 2.35 bits per heavy atom. The number of nitrogens with zero attached hydrogens (tertiary/aromatic N) is 1. The maximum absolute atomic E-state index is 12.3. The number of amides is 1. The van der Waals surface area contributed by atoms with E-state index in [1.165, 1.54) is 12.8 Å². The normalized spacial score (nSPS) is 19.1. The van der Waals surface area contributed by atoms with E-state index in [4.69, 9.17) is 0 Å². The quantitative estimate of drug-likeness (QED) is 0.864. The number of hydrogen-bond donors (Lipinski definition) is 1. The van der Waals surface area contributed by atoms with Gasteiger partial charge in [0, 0.05) is 18.2 Å². The highest BCUT2D eigenvalue weighted by atomic mass is 16.3. The molecule has 17 heavy (non-hydrogen) atoms. The van der Waals surface area contributed by atoms with Crippen LogP contribution < -0.4 is 0 Å². The molecule has 0 aliphatic heterocycles. The molecule has 3 heteroatoms. The van der Waals surface area contributed by atoms with E-state index in [2.05, 4.69) is 0 Å². The first-order valence-electron chi connectivity index (χ1n) is 6.34. The van der Waals surface area contributed by atoms with Gasteiger partial charge in [-0.2, -0.15) is 0 Å². The Bertz CT molecular complexity index is 418. The second-order valence-corrected chi connectivity index (χ2v) is 5.18. The van der Waals surface area contributed by atoms with Crippen molar-refractivity contribution in [1.82, 2.24) is 4.90 Å². The summed E-state index contributed by atoms with van der Waals surface area (Å²) in [5.41, 5.74) is 0.690. The Kier molecular flexibility index (Phi) is 2.54. The topological polar surface area (TPSA) is 40.5 Å². The van der Waals surface area contributed by atoms with Crippen LogP contribution in [0.1, 0.15) is 36.0 Å². The molecule has 0 aromatic heterocycles. The first kappa shape index (κ1) is 10.6. The summed E-state index contributed by atoms with van der Waals surface area (Å²) >= 11 is 0. The Morgan fingerprint density at radius 2 is 1.82 bits per heavy atom. The monoisotopic (exact) mass is 231 g/mol. The summed E-state index contributed by atoms with van der Waals surface area (Å²) in [5, 5.41) is 9.23. The van der Waals surface area contributed by atoms with Crippen LogP contribution >= 0.6 is 0 Å². The largest absolute Gasteiger partial charge is 0.508 e. The van der Waals surface area contributed by atoms with Crippen LogP contribution in [0.25, 0.3) is 0 Å². The first-order valence-corrected chi connectivity index (χ1v) is 6.34. The number of carbonyl (C=O) groups excluding carboxylic acids is 1. The van der Waals surface area contributed by atoms with Crippen molar-refractivity contribution >= 4 is 5.91 Å². The first-order chi connectivity index (χ1) is 8.24. The van der Waals surface area contributed by atoms with Gasteiger partial charge >= 0.3 is 0 Å². The van der Waals surface area contributed by atoms with Crippen molar-refractivity contribution in [3.63, 3.8) is 0 Å². The zero-order valence-corrected chi connectivity index (χ0v) is 9.80. The van der Waals surface area contributed by atoms with Gasteiger partial charge in [-0.3, -0.25) is 4.79 Å². The summed E-state index contributed by atoms with van der Waals surface area (Å²) in [6.45, 7) is 0.921. The summed E-state index contributed by atoms with van der Waals surface area (Å²) in [5.74, 6) is 1.07. The van der Waals surface area contributed by atoms with Crippen LogP contribution in [0.15, 0.2) is 24.3 Å². The van der Waals surface area contributed by atoms with Gasteiger partial charge in [-0.15, -0.1) is 0 Å². The minimum absolute atomic E-state index is 0.124. The zero-order valence-electron chi connectivity index (χ0n) is 9.80. The van der Waals surface area contributed by atoms with Crippen LogP contribution in [-0.2, 0) is 0 Å². The smallest absolute Gasteiger partial charge is 0.254 e. The summed E-state index contributed by atoms with van der Waals surface area (Å²) in [6.07, 6.45) is 4.84. The average Bonchev–Trinajstić information content (AvgIpc) is 3.18. The number of rotatable bonds is 4. The third kappa shape index (κ3) is 2.43. The van der Waals surface area contributed by atoms with Crippen molar-refractivity contribution in [2.24, 2.45) is 5.92 Å². The van der Waals surface area contributed by atoms with Gasteiger partial charge in [-0.25, -0.2) is 0 Å². The van der Waals surface area contributed by atoms with Crippen molar-refractivity contribution in [1.29, 1.82) is 0 Å². The highest BCUT2D eigenvalue weighted by Gasteiger charge is 2.36. The molecule has 1 amide bonds. The molecule has 3 nitrogen and oxygen atoms in total.